The number of aromatic nitrogens is 1. The van der Waals surface area contributed by atoms with Crippen LogP contribution in [0.4, 0.5) is 0 Å². The number of H-pyrrole nitrogens is 1. The maximum absolute atomic E-state index is 11.8. The molecule has 1 aliphatic heterocycles. The third-order valence-corrected chi connectivity index (χ3v) is 3.00. The molecule has 0 aliphatic carbocycles. The zero-order valence-electron chi connectivity index (χ0n) is 11.3. The number of carbonyl (C=O) groups is 1. The first-order valence-electron chi connectivity index (χ1n) is 6.36. The van der Waals surface area contributed by atoms with E-state index in [1.807, 2.05) is 38.1 Å². The molecule has 2 heterocycles. The van der Waals surface area contributed by atoms with Crippen molar-refractivity contribution >= 4 is 17.9 Å². The maximum atomic E-state index is 11.8. The number of cyclic esters (lactones) is 1. The number of benzene rings is 1. The number of esters is 1. The lowest BCUT2D eigenvalue weighted by Crippen LogP contribution is -2.05. The minimum absolute atomic E-state index is 0.307. The first kappa shape index (κ1) is 12.4. The van der Waals surface area contributed by atoms with Crippen molar-refractivity contribution in [3.05, 3.63) is 64.6 Å². The molecule has 4 nitrogen and oxygen atoms in total. The van der Waals surface area contributed by atoms with Crippen LogP contribution in [0.5, 0.6) is 0 Å². The van der Waals surface area contributed by atoms with Crippen LogP contribution in [0.1, 0.15) is 22.4 Å². The second-order valence-corrected chi connectivity index (χ2v) is 4.84. The van der Waals surface area contributed by atoms with Gasteiger partial charge < -0.3 is 9.72 Å². The van der Waals surface area contributed by atoms with E-state index in [4.69, 9.17) is 4.74 Å². The number of aryl methyl sites for hydroxylation is 2. The fraction of sp³-hybridized carbons (Fsp3) is 0.125. The lowest BCUT2D eigenvalue weighted by Gasteiger charge is -2.03. The van der Waals surface area contributed by atoms with E-state index in [0.717, 1.165) is 22.4 Å². The lowest BCUT2D eigenvalue weighted by molar-refractivity contribution is -0.129. The summed E-state index contributed by atoms with van der Waals surface area (Å²) in [6.45, 7) is 4.01. The van der Waals surface area contributed by atoms with Crippen molar-refractivity contribution in [2.24, 2.45) is 4.99 Å². The molecule has 0 bridgehead atoms. The zero-order chi connectivity index (χ0) is 14.1. The SMILES string of the molecule is Cc1cc(C)cc(C2=NC(=Cc3ccc[nH]3)C(=O)O2)c1. The van der Waals surface area contributed by atoms with E-state index in [9.17, 15) is 4.79 Å². The monoisotopic (exact) mass is 266 g/mol. The fourth-order valence-electron chi connectivity index (χ4n) is 2.21. The summed E-state index contributed by atoms with van der Waals surface area (Å²) in [6.07, 6.45) is 3.47. The Morgan fingerprint density at radius 3 is 2.60 bits per heavy atom. The summed E-state index contributed by atoms with van der Waals surface area (Å²) >= 11 is 0. The number of carbonyl (C=O) groups excluding carboxylic acids is 1. The number of nitrogens with one attached hydrogen (secondary N) is 1. The highest BCUT2D eigenvalue weighted by atomic mass is 16.6. The van der Waals surface area contributed by atoms with Crippen LogP contribution in [0.25, 0.3) is 6.08 Å². The van der Waals surface area contributed by atoms with Crippen molar-refractivity contribution < 1.29 is 9.53 Å². The minimum Gasteiger partial charge on any atom is -0.402 e. The van der Waals surface area contributed by atoms with Gasteiger partial charge in [-0.2, -0.15) is 0 Å². The average molecular weight is 266 g/mol. The van der Waals surface area contributed by atoms with Gasteiger partial charge in [-0.3, -0.25) is 0 Å². The van der Waals surface area contributed by atoms with Gasteiger partial charge in [-0.15, -0.1) is 0 Å². The molecule has 3 rings (SSSR count). The second kappa shape index (κ2) is 4.81. The molecule has 0 saturated carbocycles. The van der Waals surface area contributed by atoms with Gasteiger partial charge in [0, 0.05) is 17.5 Å². The van der Waals surface area contributed by atoms with Crippen LogP contribution in [-0.4, -0.2) is 16.9 Å². The Labute approximate surface area is 116 Å². The second-order valence-electron chi connectivity index (χ2n) is 4.84. The molecule has 0 spiro atoms. The summed E-state index contributed by atoms with van der Waals surface area (Å²) in [4.78, 5) is 19.1. The number of hydrogen-bond donors (Lipinski definition) is 1. The van der Waals surface area contributed by atoms with Crippen LogP contribution in [0.3, 0.4) is 0 Å². The van der Waals surface area contributed by atoms with Gasteiger partial charge in [-0.1, -0.05) is 17.2 Å². The summed E-state index contributed by atoms with van der Waals surface area (Å²) in [7, 11) is 0. The molecule has 0 saturated heterocycles. The standard InChI is InChI=1S/C16H14N2O2/c1-10-6-11(2)8-12(7-10)15-18-14(16(19)20-15)9-13-4-3-5-17-13/h3-9,17H,1-2H3. The van der Waals surface area contributed by atoms with E-state index in [1.54, 1.807) is 12.3 Å². The molecule has 1 aromatic carbocycles. The number of nitrogens with zero attached hydrogens (tertiary/aromatic N) is 1. The Kier molecular flexibility index (Phi) is 2.99. The van der Waals surface area contributed by atoms with Gasteiger partial charge in [0.05, 0.1) is 0 Å². The van der Waals surface area contributed by atoms with E-state index in [1.165, 1.54) is 0 Å². The predicted molar refractivity (Wildman–Crippen MR) is 77.3 cm³/mol. The predicted octanol–water partition coefficient (Wildman–Crippen LogP) is 2.98. The molecule has 2 aromatic rings. The van der Waals surface area contributed by atoms with Gasteiger partial charge in [0.15, 0.2) is 5.70 Å². The third kappa shape index (κ3) is 2.40. The number of ether oxygens (including phenoxy) is 1. The Hall–Kier alpha value is -2.62. The fourth-order valence-corrected chi connectivity index (χ4v) is 2.21. The van der Waals surface area contributed by atoms with Crippen LogP contribution in [0.2, 0.25) is 0 Å². The van der Waals surface area contributed by atoms with E-state index < -0.39 is 5.97 Å². The number of rotatable bonds is 2. The van der Waals surface area contributed by atoms with Crippen LogP contribution in [0, 0.1) is 13.8 Å². The molecule has 0 atom stereocenters. The van der Waals surface area contributed by atoms with E-state index >= 15 is 0 Å². The molecule has 0 radical (unpaired) electrons. The third-order valence-electron chi connectivity index (χ3n) is 3.00. The zero-order valence-corrected chi connectivity index (χ0v) is 11.3. The Balaban J connectivity index is 1.98. The summed E-state index contributed by atoms with van der Waals surface area (Å²) in [5, 5.41) is 0. The Bertz CT molecular complexity index is 705. The van der Waals surface area contributed by atoms with Gasteiger partial charge in [-0.25, -0.2) is 9.79 Å². The smallest absolute Gasteiger partial charge is 0.363 e. The Morgan fingerprint density at radius 2 is 1.95 bits per heavy atom. The van der Waals surface area contributed by atoms with Crippen molar-refractivity contribution in [1.29, 1.82) is 0 Å². The summed E-state index contributed by atoms with van der Waals surface area (Å²) in [5.74, 6) is -0.0617. The summed E-state index contributed by atoms with van der Waals surface area (Å²) in [5.41, 5.74) is 4.18. The highest BCUT2D eigenvalue weighted by Crippen LogP contribution is 2.20. The first-order valence-corrected chi connectivity index (χ1v) is 6.36. The number of aromatic amines is 1. The summed E-state index contributed by atoms with van der Waals surface area (Å²) in [6, 6.07) is 9.70. The average Bonchev–Trinajstić information content (AvgIpc) is 3.00. The van der Waals surface area contributed by atoms with Crippen LogP contribution < -0.4 is 0 Å². The molecule has 4 heteroatoms. The number of aliphatic imine (C=N–C) groups is 1. The molecule has 0 unspecified atom stereocenters. The molecule has 0 fully saturated rings. The molecular weight excluding hydrogens is 252 g/mol. The molecule has 0 amide bonds. The molecular formula is C16H14N2O2. The topological polar surface area (TPSA) is 54.5 Å². The van der Waals surface area contributed by atoms with Crippen LogP contribution >= 0.6 is 0 Å². The van der Waals surface area contributed by atoms with Gasteiger partial charge in [0.25, 0.3) is 0 Å². The molecule has 1 aliphatic rings. The van der Waals surface area contributed by atoms with E-state index in [-0.39, 0.29) is 0 Å². The first-order chi connectivity index (χ1) is 9.61. The highest BCUT2D eigenvalue weighted by molar-refractivity contribution is 6.12. The highest BCUT2D eigenvalue weighted by Gasteiger charge is 2.24. The number of hydrogen-bond acceptors (Lipinski definition) is 3. The lowest BCUT2D eigenvalue weighted by atomic mass is 10.1. The van der Waals surface area contributed by atoms with Crippen LogP contribution in [-0.2, 0) is 9.53 Å². The van der Waals surface area contributed by atoms with Gasteiger partial charge in [0.2, 0.25) is 5.90 Å². The normalized spacial score (nSPS) is 16.4. The van der Waals surface area contributed by atoms with Crippen molar-refractivity contribution in [3.8, 4) is 0 Å². The van der Waals surface area contributed by atoms with Gasteiger partial charge >= 0.3 is 5.97 Å². The van der Waals surface area contributed by atoms with Crippen LogP contribution in [0.15, 0.2) is 47.2 Å². The largest absolute Gasteiger partial charge is 0.402 e. The quantitative estimate of drug-likeness (QED) is 0.671. The van der Waals surface area contributed by atoms with Crippen molar-refractivity contribution in [3.63, 3.8) is 0 Å². The minimum atomic E-state index is -0.422. The molecule has 100 valence electrons. The van der Waals surface area contributed by atoms with Crippen molar-refractivity contribution in [2.45, 2.75) is 13.8 Å². The van der Waals surface area contributed by atoms with Crippen molar-refractivity contribution in [1.82, 2.24) is 4.98 Å². The molecule has 1 N–H and O–H groups in total. The maximum Gasteiger partial charge on any atom is 0.363 e. The summed E-state index contributed by atoms with van der Waals surface area (Å²) < 4.78 is 5.25. The van der Waals surface area contributed by atoms with E-state index in [2.05, 4.69) is 16.0 Å². The Morgan fingerprint density at radius 1 is 1.20 bits per heavy atom. The van der Waals surface area contributed by atoms with E-state index in [0.29, 0.717) is 11.6 Å². The van der Waals surface area contributed by atoms with Gasteiger partial charge in [-0.05, 0) is 44.2 Å². The molecule has 20 heavy (non-hydrogen) atoms. The van der Waals surface area contributed by atoms with Gasteiger partial charge in [0.1, 0.15) is 0 Å². The molecule has 1 aromatic heterocycles. The van der Waals surface area contributed by atoms with Crippen molar-refractivity contribution in [2.75, 3.05) is 0 Å².